The van der Waals surface area contributed by atoms with Gasteiger partial charge in [0.15, 0.2) is 0 Å². The van der Waals surface area contributed by atoms with Crippen molar-refractivity contribution in [2.24, 2.45) is 5.92 Å². The molecule has 0 radical (unpaired) electrons. The van der Waals surface area contributed by atoms with E-state index in [0.717, 1.165) is 25.7 Å². The number of esters is 1. The summed E-state index contributed by atoms with van der Waals surface area (Å²) in [6.45, 7) is 0. The molecule has 3 rings (SSSR count). The monoisotopic (exact) mass is 358 g/mol. The zero-order valence-corrected chi connectivity index (χ0v) is 14.6. The highest BCUT2D eigenvalue weighted by atomic mass is 16.5. The molecule has 1 aliphatic carbocycles. The van der Waals surface area contributed by atoms with Gasteiger partial charge in [-0.05, 0) is 37.1 Å². The van der Waals surface area contributed by atoms with Crippen LogP contribution in [0.5, 0.6) is 0 Å². The number of fused-ring (bicyclic) bond motifs is 1. The largest absolute Gasteiger partial charge is 0.469 e. The zero-order chi connectivity index (χ0) is 18.5. The molecule has 1 saturated carbocycles. The molecule has 1 aliphatic rings. The number of hydrogen-bond acceptors (Lipinski definition) is 5. The molecule has 2 aromatic rings. The summed E-state index contributed by atoms with van der Waals surface area (Å²) in [4.78, 5) is 35.6. The molecule has 138 valence electrons. The molecule has 7 nitrogen and oxygen atoms in total. The Balaban J connectivity index is 1.69. The average Bonchev–Trinajstić information content (AvgIpc) is 2.86. The van der Waals surface area contributed by atoms with Gasteiger partial charge in [-0.1, -0.05) is 19.3 Å². The van der Waals surface area contributed by atoms with Crippen LogP contribution in [-0.4, -0.2) is 25.2 Å². The predicted molar refractivity (Wildman–Crippen MR) is 97.0 cm³/mol. The van der Waals surface area contributed by atoms with E-state index in [9.17, 15) is 14.4 Å². The molecule has 1 heterocycles. The molecule has 7 heteroatoms. The van der Waals surface area contributed by atoms with Gasteiger partial charge >= 0.3 is 17.6 Å². The van der Waals surface area contributed by atoms with E-state index in [4.69, 9.17) is 9.15 Å². The van der Waals surface area contributed by atoms with Crippen LogP contribution in [0.15, 0.2) is 39.5 Å². The third-order valence-electron chi connectivity index (χ3n) is 4.71. The number of benzene rings is 1. The smallest absolute Gasteiger partial charge is 0.336 e. The molecular formula is C19H22N2O5. The summed E-state index contributed by atoms with van der Waals surface area (Å²) in [5.74, 6) is -0.600. The number of nitrogens with one attached hydrogen (secondary N) is 2. The first-order valence-electron chi connectivity index (χ1n) is 8.76. The van der Waals surface area contributed by atoms with Crippen LogP contribution in [0.3, 0.4) is 0 Å². The maximum atomic E-state index is 12.4. The van der Waals surface area contributed by atoms with Gasteiger partial charge in [0.05, 0.1) is 13.0 Å². The molecule has 2 amide bonds. The van der Waals surface area contributed by atoms with Crippen LogP contribution < -0.4 is 16.3 Å². The second-order valence-electron chi connectivity index (χ2n) is 6.48. The minimum Gasteiger partial charge on any atom is -0.469 e. The van der Waals surface area contributed by atoms with Crippen molar-refractivity contribution in [2.45, 2.75) is 38.1 Å². The zero-order valence-electron chi connectivity index (χ0n) is 14.6. The van der Waals surface area contributed by atoms with Crippen molar-refractivity contribution in [3.05, 3.63) is 40.8 Å². The van der Waals surface area contributed by atoms with Gasteiger partial charge in [-0.25, -0.2) is 9.59 Å². The van der Waals surface area contributed by atoms with Crippen molar-refractivity contribution < 1.29 is 18.7 Å². The summed E-state index contributed by atoms with van der Waals surface area (Å²) in [5.41, 5.74) is 0.614. The fraction of sp³-hybridized carbons (Fsp3) is 0.421. The summed E-state index contributed by atoms with van der Waals surface area (Å²) in [5, 5.41) is 6.39. The first kappa shape index (κ1) is 18.0. The second-order valence-corrected chi connectivity index (χ2v) is 6.48. The van der Waals surface area contributed by atoms with Crippen molar-refractivity contribution in [1.29, 1.82) is 0 Å². The Morgan fingerprint density at radius 2 is 1.92 bits per heavy atom. The summed E-state index contributed by atoms with van der Waals surface area (Å²) in [6.07, 6.45) is 4.43. The molecule has 0 saturated heterocycles. The predicted octanol–water partition coefficient (Wildman–Crippen LogP) is 3.04. The van der Waals surface area contributed by atoms with Crippen molar-refractivity contribution in [1.82, 2.24) is 5.32 Å². The van der Waals surface area contributed by atoms with Gasteiger partial charge < -0.3 is 19.8 Å². The summed E-state index contributed by atoms with van der Waals surface area (Å²) < 4.78 is 9.96. The first-order valence-corrected chi connectivity index (χ1v) is 8.76. The number of anilines is 1. The number of amides is 2. The van der Waals surface area contributed by atoms with Gasteiger partial charge in [0.25, 0.3) is 0 Å². The van der Waals surface area contributed by atoms with Crippen LogP contribution in [0.4, 0.5) is 10.5 Å². The summed E-state index contributed by atoms with van der Waals surface area (Å²) in [7, 11) is 1.37. The van der Waals surface area contributed by atoms with Gasteiger partial charge in [-0.15, -0.1) is 0 Å². The van der Waals surface area contributed by atoms with E-state index < -0.39 is 5.63 Å². The molecule has 0 bridgehead atoms. The SMILES string of the molecule is COC(=O)[C@@H]1CCCCC[C@@H]1NC(=O)Nc1ccc2oc(=O)ccc2c1. The van der Waals surface area contributed by atoms with E-state index in [1.165, 1.54) is 13.2 Å². The number of methoxy groups -OCH3 is 1. The molecule has 0 aliphatic heterocycles. The number of urea groups is 1. The lowest BCUT2D eigenvalue weighted by Gasteiger charge is -2.24. The lowest BCUT2D eigenvalue weighted by Crippen LogP contribution is -2.45. The van der Waals surface area contributed by atoms with Crippen LogP contribution in [0.25, 0.3) is 11.0 Å². The first-order chi connectivity index (χ1) is 12.6. The van der Waals surface area contributed by atoms with Crippen molar-refractivity contribution in [3.8, 4) is 0 Å². The van der Waals surface area contributed by atoms with E-state index in [0.29, 0.717) is 23.1 Å². The van der Waals surface area contributed by atoms with Crippen molar-refractivity contribution in [2.75, 3.05) is 12.4 Å². The van der Waals surface area contributed by atoms with Crippen molar-refractivity contribution >= 4 is 28.7 Å². The molecule has 1 aromatic carbocycles. The Hall–Kier alpha value is -2.83. The number of ether oxygens (including phenoxy) is 1. The Labute approximate surface area is 150 Å². The van der Waals surface area contributed by atoms with Crippen LogP contribution in [0.2, 0.25) is 0 Å². The summed E-state index contributed by atoms with van der Waals surface area (Å²) >= 11 is 0. The molecule has 0 unspecified atom stereocenters. The Bertz CT molecular complexity index is 860. The standard InChI is InChI=1S/C19H22N2O5/c1-25-18(23)14-5-3-2-4-6-15(14)21-19(24)20-13-8-9-16-12(11-13)7-10-17(22)26-16/h7-11,14-15H,2-6H2,1H3,(H2,20,21,24)/t14-,15+/m1/s1. The van der Waals surface area contributed by atoms with Gasteiger partial charge in [-0.3, -0.25) is 4.79 Å². The quantitative estimate of drug-likeness (QED) is 0.499. The molecule has 1 aromatic heterocycles. The normalized spacial score (nSPS) is 20.2. The van der Waals surface area contributed by atoms with Crippen LogP contribution in [0.1, 0.15) is 32.1 Å². The molecule has 0 spiro atoms. The number of rotatable bonds is 3. The molecule has 2 atom stereocenters. The highest BCUT2D eigenvalue weighted by Crippen LogP contribution is 2.25. The highest BCUT2D eigenvalue weighted by Gasteiger charge is 2.31. The number of carbonyl (C=O) groups excluding carboxylic acids is 2. The molecule has 26 heavy (non-hydrogen) atoms. The van der Waals surface area contributed by atoms with Crippen molar-refractivity contribution in [3.63, 3.8) is 0 Å². The Morgan fingerprint density at radius 1 is 1.12 bits per heavy atom. The van der Waals surface area contributed by atoms with Crippen LogP contribution in [-0.2, 0) is 9.53 Å². The average molecular weight is 358 g/mol. The highest BCUT2D eigenvalue weighted by molar-refractivity contribution is 5.92. The lowest BCUT2D eigenvalue weighted by molar-refractivity contribution is -0.146. The van der Waals surface area contributed by atoms with E-state index in [1.807, 2.05) is 0 Å². The van der Waals surface area contributed by atoms with E-state index in [1.54, 1.807) is 24.3 Å². The molecule has 1 fully saturated rings. The topological polar surface area (TPSA) is 97.6 Å². The van der Waals surface area contributed by atoms with Gasteiger partial charge in [-0.2, -0.15) is 0 Å². The number of hydrogen-bond donors (Lipinski definition) is 2. The maximum absolute atomic E-state index is 12.4. The van der Waals surface area contributed by atoms with Gasteiger partial charge in [0, 0.05) is 23.2 Å². The lowest BCUT2D eigenvalue weighted by atomic mass is 9.95. The van der Waals surface area contributed by atoms with Crippen LogP contribution in [0, 0.1) is 5.92 Å². The van der Waals surface area contributed by atoms with Crippen LogP contribution >= 0.6 is 0 Å². The Morgan fingerprint density at radius 3 is 2.73 bits per heavy atom. The fourth-order valence-corrected chi connectivity index (χ4v) is 3.40. The number of carbonyl (C=O) groups is 2. The minimum atomic E-state index is -0.418. The van der Waals surface area contributed by atoms with E-state index >= 15 is 0 Å². The van der Waals surface area contributed by atoms with E-state index in [2.05, 4.69) is 10.6 Å². The maximum Gasteiger partial charge on any atom is 0.336 e. The third-order valence-corrected chi connectivity index (χ3v) is 4.71. The second kappa shape index (κ2) is 8.03. The molecule has 2 N–H and O–H groups in total. The molecular weight excluding hydrogens is 336 g/mol. The van der Waals surface area contributed by atoms with E-state index in [-0.39, 0.29) is 24.0 Å². The Kier molecular flexibility index (Phi) is 5.55. The fourth-order valence-electron chi connectivity index (χ4n) is 3.40. The summed E-state index contributed by atoms with van der Waals surface area (Å²) in [6, 6.07) is 7.38. The third kappa shape index (κ3) is 4.22. The van der Waals surface area contributed by atoms with Gasteiger partial charge in [0.2, 0.25) is 0 Å². The van der Waals surface area contributed by atoms with Gasteiger partial charge in [0.1, 0.15) is 5.58 Å². The minimum absolute atomic E-state index is 0.247.